The van der Waals surface area contributed by atoms with Crippen LogP contribution < -0.4 is 0 Å². The molecule has 0 fully saturated rings. The highest BCUT2D eigenvalue weighted by Gasteiger charge is 2.26. The maximum Gasteiger partial charge on any atom is 0.141 e. The lowest BCUT2D eigenvalue weighted by Crippen LogP contribution is -2.28. The molecule has 3 aromatic rings. The van der Waals surface area contributed by atoms with Gasteiger partial charge >= 0.3 is 0 Å². The van der Waals surface area contributed by atoms with Crippen molar-refractivity contribution < 1.29 is 0 Å². The standard InChI is InChI=1S/C30H41N3/c1-6-9-20-33-28(21-32(5)27-19-13-17-25-14-10-11-18-26(25)27)22(4)31-30(33)29-23(7-2)15-12-16-24(29)8-3/h10-12,14-16,18,27H,6-9,13,17,19-21H2,1-5H3. The van der Waals surface area contributed by atoms with Crippen LogP contribution in [0.3, 0.4) is 0 Å². The lowest BCUT2D eigenvalue weighted by atomic mass is 9.87. The first kappa shape index (κ1) is 23.8. The first-order valence-corrected chi connectivity index (χ1v) is 13.0. The van der Waals surface area contributed by atoms with E-state index in [9.17, 15) is 0 Å². The van der Waals surface area contributed by atoms with Crippen LogP contribution in [0.25, 0.3) is 11.4 Å². The largest absolute Gasteiger partial charge is 0.327 e. The van der Waals surface area contributed by atoms with Gasteiger partial charge in [-0.15, -0.1) is 0 Å². The second-order valence-electron chi connectivity index (χ2n) is 9.65. The number of rotatable bonds is 9. The van der Waals surface area contributed by atoms with Crippen LogP contribution in [0.2, 0.25) is 0 Å². The van der Waals surface area contributed by atoms with Gasteiger partial charge in [0.05, 0.1) is 11.4 Å². The van der Waals surface area contributed by atoms with Gasteiger partial charge in [0.1, 0.15) is 5.82 Å². The number of nitrogens with zero attached hydrogens (tertiary/aromatic N) is 3. The summed E-state index contributed by atoms with van der Waals surface area (Å²) in [7, 11) is 2.31. The maximum absolute atomic E-state index is 5.23. The molecule has 0 saturated carbocycles. The Hall–Kier alpha value is -2.39. The Labute approximate surface area is 200 Å². The van der Waals surface area contributed by atoms with Crippen molar-refractivity contribution in [2.24, 2.45) is 0 Å². The average Bonchev–Trinajstić information content (AvgIpc) is 3.15. The van der Waals surface area contributed by atoms with Gasteiger partial charge in [0.15, 0.2) is 0 Å². The van der Waals surface area contributed by atoms with E-state index in [0.717, 1.165) is 25.9 Å². The molecule has 33 heavy (non-hydrogen) atoms. The van der Waals surface area contributed by atoms with Crippen LogP contribution in [0.5, 0.6) is 0 Å². The van der Waals surface area contributed by atoms with Crippen molar-refractivity contribution in [3.8, 4) is 11.4 Å². The van der Waals surface area contributed by atoms with E-state index in [4.69, 9.17) is 4.98 Å². The third-order valence-corrected chi connectivity index (χ3v) is 7.50. The summed E-state index contributed by atoms with van der Waals surface area (Å²) in [5.41, 5.74) is 9.83. The molecule has 1 aliphatic carbocycles. The number of fused-ring (bicyclic) bond motifs is 1. The van der Waals surface area contributed by atoms with Crippen molar-refractivity contribution in [2.75, 3.05) is 7.05 Å². The highest BCUT2D eigenvalue weighted by atomic mass is 15.2. The molecule has 0 spiro atoms. The van der Waals surface area contributed by atoms with E-state index in [2.05, 4.69) is 86.7 Å². The fraction of sp³-hybridized carbons (Fsp3) is 0.500. The predicted molar refractivity (Wildman–Crippen MR) is 140 cm³/mol. The first-order valence-electron chi connectivity index (χ1n) is 13.0. The summed E-state index contributed by atoms with van der Waals surface area (Å²) < 4.78 is 2.55. The molecule has 1 aliphatic rings. The molecule has 0 bridgehead atoms. The topological polar surface area (TPSA) is 21.1 Å². The summed E-state index contributed by atoms with van der Waals surface area (Å²) in [5.74, 6) is 1.18. The van der Waals surface area contributed by atoms with Crippen molar-refractivity contribution in [3.05, 3.63) is 76.1 Å². The van der Waals surface area contributed by atoms with Crippen LogP contribution in [0, 0.1) is 6.92 Å². The van der Waals surface area contributed by atoms with Gasteiger partial charge in [0, 0.05) is 24.7 Å². The molecule has 0 amide bonds. The van der Waals surface area contributed by atoms with E-state index < -0.39 is 0 Å². The smallest absolute Gasteiger partial charge is 0.141 e. The first-order chi connectivity index (χ1) is 16.1. The number of imidazole rings is 1. The summed E-state index contributed by atoms with van der Waals surface area (Å²) in [6.07, 6.45) is 8.18. The number of aromatic nitrogens is 2. The summed E-state index contributed by atoms with van der Waals surface area (Å²) in [5, 5.41) is 0. The normalized spacial score (nSPS) is 15.8. The maximum atomic E-state index is 5.23. The van der Waals surface area contributed by atoms with Crippen LogP contribution in [-0.2, 0) is 32.4 Å². The molecule has 176 valence electrons. The Bertz CT molecular complexity index is 1060. The van der Waals surface area contributed by atoms with Gasteiger partial charge in [-0.3, -0.25) is 4.90 Å². The minimum absolute atomic E-state index is 0.487. The second-order valence-corrected chi connectivity index (χ2v) is 9.65. The molecule has 1 unspecified atom stereocenters. The molecule has 1 atom stereocenters. The van der Waals surface area contributed by atoms with Gasteiger partial charge in [0.25, 0.3) is 0 Å². The van der Waals surface area contributed by atoms with Crippen molar-refractivity contribution >= 4 is 0 Å². The van der Waals surface area contributed by atoms with Crippen LogP contribution in [-0.4, -0.2) is 21.5 Å². The molecule has 1 heterocycles. The monoisotopic (exact) mass is 443 g/mol. The van der Waals surface area contributed by atoms with E-state index in [-0.39, 0.29) is 0 Å². The van der Waals surface area contributed by atoms with Gasteiger partial charge in [-0.1, -0.05) is 69.7 Å². The molecule has 1 aromatic heterocycles. The molecule has 0 radical (unpaired) electrons. The Kier molecular flexibility index (Phi) is 7.70. The second kappa shape index (κ2) is 10.7. The van der Waals surface area contributed by atoms with Gasteiger partial charge < -0.3 is 4.57 Å². The Morgan fingerprint density at radius 2 is 1.73 bits per heavy atom. The molecule has 0 saturated heterocycles. The highest BCUT2D eigenvalue weighted by Crippen LogP contribution is 2.36. The fourth-order valence-electron chi connectivity index (χ4n) is 5.62. The zero-order valence-electron chi connectivity index (χ0n) is 21.3. The molecule has 0 N–H and O–H groups in total. The number of aryl methyl sites for hydroxylation is 4. The van der Waals surface area contributed by atoms with Gasteiger partial charge in [0.2, 0.25) is 0 Å². The van der Waals surface area contributed by atoms with Crippen LogP contribution >= 0.6 is 0 Å². The third-order valence-electron chi connectivity index (χ3n) is 7.50. The SMILES string of the molecule is CCCCn1c(-c2c(CC)cccc2CC)nc(C)c1CN(C)C1CCCc2ccccc21. The third kappa shape index (κ3) is 4.80. The summed E-state index contributed by atoms with van der Waals surface area (Å²) in [4.78, 5) is 7.80. The summed E-state index contributed by atoms with van der Waals surface area (Å²) >= 11 is 0. The van der Waals surface area contributed by atoms with E-state index >= 15 is 0 Å². The Morgan fingerprint density at radius 3 is 2.42 bits per heavy atom. The van der Waals surface area contributed by atoms with Gasteiger partial charge in [-0.2, -0.15) is 0 Å². The summed E-state index contributed by atoms with van der Waals surface area (Å²) in [6.45, 7) is 11.0. The van der Waals surface area contributed by atoms with Crippen molar-refractivity contribution in [2.45, 2.75) is 91.8 Å². The summed E-state index contributed by atoms with van der Waals surface area (Å²) in [6, 6.07) is 16.3. The molecular formula is C30H41N3. The molecule has 4 rings (SSSR count). The molecule has 3 heteroatoms. The molecule has 0 aliphatic heterocycles. The van der Waals surface area contributed by atoms with Crippen molar-refractivity contribution in [3.63, 3.8) is 0 Å². The van der Waals surface area contributed by atoms with Crippen LogP contribution in [0.15, 0.2) is 42.5 Å². The Morgan fingerprint density at radius 1 is 1.00 bits per heavy atom. The predicted octanol–water partition coefficient (Wildman–Crippen LogP) is 7.29. The van der Waals surface area contributed by atoms with E-state index in [1.807, 2.05) is 0 Å². The number of unbranched alkanes of at least 4 members (excludes halogenated alkanes) is 1. The van der Waals surface area contributed by atoms with Crippen LogP contribution in [0.1, 0.15) is 86.1 Å². The average molecular weight is 444 g/mol. The van der Waals surface area contributed by atoms with E-state index in [1.54, 1.807) is 0 Å². The van der Waals surface area contributed by atoms with Gasteiger partial charge in [-0.25, -0.2) is 4.98 Å². The number of hydrogen-bond acceptors (Lipinski definition) is 2. The lowest BCUT2D eigenvalue weighted by molar-refractivity contribution is 0.208. The van der Waals surface area contributed by atoms with Crippen molar-refractivity contribution in [1.82, 2.24) is 14.5 Å². The number of benzene rings is 2. The van der Waals surface area contributed by atoms with Crippen molar-refractivity contribution in [1.29, 1.82) is 0 Å². The van der Waals surface area contributed by atoms with E-state index in [0.29, 0.717) is 6.04 Å². The minimum atomic E-state index is 0.487. The minimum Gasteiger partial charge on any atom is -0.327 e. The highest BCUT2D eigenvalue weighted by molar-refractivity contribution is 5.66. The quantitative estimate of drug-likeness (QED) is 0.346. The fourth-order valence-corrected chi connectivity index (χ4v) is 5.62. The van der Waals surface area contributed by atoms with E-state index in [1.165, 1.54) is 77.1 Å². The van der Waals surface area contributed by atoms with Gasteiger partial charge in [-0.05, 0) is 74.8 Å². The molecular weight excluding hydrogens is 402 g/mol. The number of hydrogen-bond donors (Lipinski definition) is 0. The van der Waals surface area contributed by atoms with Crippen LogP contribution in [0.4, 0.5) is 0 Å². The molecule has 3 nitrogen and oxygen atoms in total. The zero-order valence-corrected chi connectivity index (χ0v) is 21.3. The lowest BCUT2D eigenvalue weighted by Gasteiger charge is -2.33. The zero-order chi connectivity index (χ0) is 23.4. The Balaban J connectivity index is 1.74. The molecule has 2 aromatic carbocycles.